The molecule has 9 aromatic rings. The van der Waals surface area contributed by atoms with Crippen molar-refractivity contribution in [2.75, 3.05) is 4.90 Å². The molecule has 0 N–H and O–H groups in total. The second-order valence-corrected chi connectivity index (χ2v) is 11.9. The Kier molecular flexibility index (Phi) is 5.40. The number of anilines is 3. The van der Waals surface area contributed by atoms with Crippen molar-refractivity contribution in [2.24, 2.45) is 0 Å². The Morgan fingerprint density at radius 1 is 0.465 bits per heavy atom. The van der Waals surface area contributed by atoms with Crippen molar-refractivity contribution >= 4 is 81.3 Å². The molecule has 0 saturated carbocycles. The molecule has 2 heterocycles. The van der Waals surface area contributed by atoms with Crippen LogP contribution in [-0.4, -0.2) is 0 Å². The zero-order chi connectivity index (χ0) is 28.3. The summed E-state index contributed by atoms with van der Waals surface area (Å²) in [5.41, 5.74) is 7.35. The van der Waals surface area contributed by atoms with Crippen LogP contribution in [0, 0.1) is 0 Å². The summed E-state index contributed by atoms with van der Waals surface area (Å²) in [4.78, 5) is 2.29. The number of fused-ring (bicyclic) bond motifs is 7. The smallest absolute Gasteiger partial charge is 0.159 e. The van der Waals surface area contributed by atoms with Crippen LogP contribution < -0.4 is 4.90 Å². The molecule has 0 aliphatic rings. The maximum atomic E-state index is 7.09. The van der Waals surface area contributed by atoms with Gasteiger partial charge < -0.3 is 9.32 Å². The molecule has 3 heteroatoms. The normalized spacial score (nSPS) is 11.7. The van der Waals surface area contributed by atoms with Gasteiger partial charge in [0.05, 0.1) is 5.69 Å². The van der Waals surface area contributed by atoms with Gasteiger partial charge >= 0.3 is 0 Å². The standard InChI is InChI=1S/C40H25NOS/c1-3-14-27(15-4-1)41(28-16-5-2-6-17-28)35-23-12-20-31-34-25-26-13-7-8-18-29(26)37(39(34)42-38(31)35)33-22-11-21-32-30-19-9-10-24-36(30)43-40(32)33/h1-25H. The molecule has 0 unspecified atom stereocenters. The topological polar surface area (TPSA) is 16.4 Å². The minimum absolute atomic E-state index is 0.880. The highest BCUT2D eigenvalue weighted by atomic mass is 32.1. The zero-order valence-corrected chi connectivity index (χ0v) is 24.0. The summed E-state index contributed by atoms with van der Waals surface area (Å²) in [6.45, 7) is 0. The molecular formula is C40H25NOS. The van der Waals surface area contributed by atoms with Crippen molar-refractivity contribution in [1.29, 1.82) is 0 Å². The predicted octanol–water partition coefficient (Wildman–Crippen LogP) is 12.2. The Balaban J connectivity index is 1.40. The Labute approximate surface area is 252 Å². The summed E-state index contributed by atoms with van der Waals surface area (Å²) in [7, 11) is 0. The summed E-state index contributed by atoms with van der Waals surface area (Å²) in [6.07, 6.45) is 0. The van der Waals surface area contributed by atoms with Gasteiger partial charge in [0.1, 0.15) is 5.58 Å². The first-order chi connectivity index (χ1) is 21.3. The summed E-state index contributed by atoms with van der Waals surface area (Å²) >= 11 is 1.86. The number of para-hydroxylation sites is 3. The number of benzene rings is 7. The van der Waals surface area contributed by atoms with E-state index < -0.39 is 0 Å². The third-order valence-electron chi connectivity index (χ3n) is 8.43. The fourth-order valence-corrected chi connectivity index (χ4v) is 7.77. The van der Waals surface area contributed by atoms with E-state index in [9.17, 15) is 0 Å². The summed E-state index contributed by atoms with van der Waals surface area (Å²) in [6, 6.07) is 53.9. The van der Waals surface area contributed by atoms with Gasteiger partial charge in [-0.05, 0) is 53.2 Å². The van der Waals surface area contributed by atoms with Crippen molar-refractivity contribution < 1.29 is 4.42 Å². The van der Waals surface area contributed by atoms with Crippen LogP contribution in [0.25, 0.3) is 64.0 Å². The lowest BCUT2D eigenvalue weighted by molar-refractivity contribution is 0.670. The van der Waals surface area contributed by atoms with E-state index in [2.05, 4.69) is 157 Å². The minimum atomic E-state index is 0.880. The van der Waals surface area contributed by atoms with Gasteiger partial charge in [0.25, 0.3) is 0 Å². The maximum Gasteiger partial charge on any atom is 0.159 e. The van der Waals surface area contributed by atoms with Crippen LogP contribution >= 0.6 is 11.3 Å². The molecule has 0 saturated heterocycles. The lowest BCUT2D eigenvalue weighted by atomic mass is 9.94. The number of hydrogen-bond acceptors (Lipinski definition) is 3. The molecule has 0 radical (unpaired) electrons. The van der Waals surface area contributed by atoms with Crippen LogP contribution in [0.4, 0.5) is 17.1 Å². The first-order valence-electron chi connectivity index (χ1n) is 14.5. The van der Waals surface area contributed by atoms with E-state index in [1.807, 2.05) is 11.3 Å². The van der Waals surface area contributed by atoms with E-state index in [-0.39, 0.29) is 0 Å². The van der Waals surface area contributed by atoms with Gasteiger partial charge in [0.2, 0.25) is 0 Å². The van der Waals surface area contributed by atoms with Crippen molar-refractivity contribution in [3.63, 3.8) is 0 Å². The largest absolute Gasteiger partial charge is 0.453 e. The molecule has 2 aromatic heterocycles. The highest BCUT2D eigenvalue weighted by molar-refractivity contribution is 7.26. The quantitative estimate of drug-likeness (QED) is 0.210. The van der Waals surface area contributed by atoms with E-state index in [1.165, 1.54) is 36.5 Å². The lowest BCUT2D eigenvalue weighted by Gasteiger charge is -2.25. The monoisotopic (exact) mass is 567 g/mol. The van der Waals surface area contributed by atoms with E-state index in [4.69, 9.17) is 4.42 Å². The molecule has 9 rings (SSSR count). The first kappa shape index (κ1) is 24.2. The third kappa shape index (κ3) is 3.72. The van der Waals surface area contributed by atoms with Gasteiger partial charge in [0.15, 0.2) is 5.58 Å². The second kappa shape index (κ2) is 9.59. The van der Waals surface area contributed by atoms with Gasteiger partial charge in [-0.3, -0.25) is 0 Å². The van der Waals surface area contributed by atoms with Crippen LogP contribution in [0.5, 0.6) is 0 Å². The summed E-state index contributed by atoms with van der Waals surface area (Å²) < 4.78 is 9.68. The summed E-state index contributed by atoms with van der Waals surface area (Å²) in [5.74, 6) is 0. The van der Waals surface area contributed by atoms with E-state index in [1.54, 1.807) is 0 Å². The van der Waals surface area contributed by atoms with Crippen molar-refractivity contribution in [3.8, 4) is 11.1 Å². The summed E-state index contributed by atoms with van der Waals surface area (Å²) in [5, 5.41) is 7.23. The fourth-order valence-electron chi connectivity index (χ4n) is 6.55. The molecular weight excluding hydrogens is 543 g/mol. The number of furan rings is 1. The fraction of sp³-hybridized carbons (Fsp3) is 0. The maximum absolute atomic E-state index is 7.09. The average molecular weight is 568 g/mol. The minimum Gasteiger partial charge on any atom is -0.453 e. The van der Waals surface area contributed by atoms with Crippen molar-refractivity contribution in [1.82, 2.24) is 0 Å². The third-order valence-corrected chi connectivity index (χ3v) is 9.65. The van der Waals surface area contributed by atoms with Crippen LogP contribution in [0.2, 0.25) is 0 Å². The van der Waals surface area contributed by atoms with Crippen molar-refractivity contribution in [3.05, 3.63) is 152 Å². The molecule has 0 bridgehead atoms. The number of rotatable bonds is 4. The van der Waals surface area contributed by atoms with Crippen LogP contribution in [-0.2, 0) is 0 Å². The molecule has 0 atom stereocenters. The molecule has 0 spiro atoms. The van der Waals surface area contributed by atoms with Gasteiger partial charge in [0, 0.05) is 53.4 Å². The highest BCUT2D eigenvalue weighted by Gasteiger charge is 2.23. The molecule has 43 heavy (non-hydrogen) atoms. The van der Waals surface area contributed by atoms with Crippen LogP contribution in [0.15, 0.2) is 156 Å². The lowest BCUT2D eigenvalue weighted by Crippen LogP contribution is -2.09. The van der Waals surface area contributed by atoms with E-state index in [0.29, 0.717) is 0 Å². The Hall–Kier alpha value is -5.38. The molecule has 0 fully saturated rings. The number of nitrogens with zero attached hydrogens (tertiary/aromatic N) is 1. The molecule has 0 amide bonds. The number of thiophene rings is 1. The molecule has 7 aromatic carbocycles. The van der Waals surface area contributed by atoms with Crippen LogP contribution in [0.3, 0.4) is 0 Å². The van der Waals surface area contributed by atoms with Gasteiger partial charge in [-0.2, -0.15) is 0 Å². The SMILES string of the molecule is c1ccc(N(c2ccccc2)c2cccc3c2oc2c(-c4cccc5c4sc4ccccc45)c4ccccc4cc23)cc1. The molecule has 2 nitrogen and oxygen atoms in total. The van der Waals surface area contributed by atoms with E-state index >= 15 is 0 Å². The van der Waals surface area contributed by atoms with Gasteiger partial charge in [-0.25, -0.2) is 0 Å². The highest BCUT2D eigenvalue weighted by Crippen LogP contribution is 2.48. The Morgan fingerprint density at radius 3 is 1.88 bits per heavy atom. The predicted molar refractivity (Wildman–Crippen MR) is 184 cm³/mol. The second-order valence-electron chi connectivity index (χ2n) is 10.9. The molecule has 202 valence electrons. The first-order valence-corrected chi connectivity index (χ1v) is 15.3. The molecule has 0 aliphatic heterocycles. The Bertz CT molecular complexity index is 2420. The van der Waals surface area contributed by atoms with Crippen LogP contribution in [0.1, 0.15) is 0 Å². The molecule has 0 aliphatic carbocycles. The zero-order valence-electron chi connectivity index (χ0n) is 23.2. The van der Waals surface area contributed by atoms with Crippen molar-refractivity contribution in [2.45, 2.75) is 0 Å². The Morgan fingerprint density at radius 2 is 1.09 bits per heavy atom. The average Bonchev–Trinajstić information content (AvgIpc) is 3.64. The van der Waals surface area contributed by atoms with E-state index in [0.717, 1.165) is 44.6 Å². The van der Waals surface area contributed by atoms with Gasteiger partial charge in [-0.15, -0.1) is 11.3 Å². The van der Waals surface area contributed by atoms with Gasteiger partial charge in [-0.1, -0.05) is 109 Å². The number of hydrogen-bond donors (Lipinski definition) is 0.